The molecule has 2 nitrogen and oxygen atoms in total. The van der Waals surface area contributed by atoms with Crippen LogP contribution in [0.4, 0.5) is 0 Å². The van der Waals surface area contributed by atoms with Crippen LogP contribution in [0.2, 0.25) is 0 Å². The second-order valence-electron chi connectivity index (χ2n) is 2.25. The molecule has 0 spiro atoms. The Morgan fingerprint density at radius 3 is 2.82 bits per heavy atom. The van der Waals surface area contributed by atoms with E-state index in [2.05, 4.69) is 16.0 Å². The van der Waals surface area contributed by atoms with E-state index in [1.54, 1.807) is 0 Å². The SMILES string of the molecule is C=C(C)/C=C\[I-]O[C@@H](C)NC. The van der Waals surface area contributed by atoms with Crippen molar-refractivity contribution in [1.82, 2.24) is 5.32 Å². The maximum atomic E-state index is 5.41. The second-order valence-corrected chi connectivity index (χ2v) is 3.98. The topological polar surface area (TPSA) is 21.3 Å². The van der Waals surface area contributed by atoms with Crippen molar-refractivity contribution in [3.05, 3.63) is 22.3 Å². The summed E-state index contributed by atoms with van der Waals surface area (Å²) in [6.07, 6.45) is 2.16. The predicted molar refractivity (Wildman–Crippen MR) is 43.6 cm³/mol. The Morgan fingerprint density at radius 2 is 2.36 bits per heavy atom. The van der Waals surface area contributed by atoms with Crippen LogP contribution in [-0.2, 0) is 3.07 Å². The van der Waals surface area contributed by atoms with Gasteiger partial charge in [0, 0.05) is 0 Å². The van der Waals surface area contributed by atoms with E-state index in [0.717, 1.165) is 5.57 Å². The summed E-state index contributed by atoms with van der Waals surface area (Å²) < 4.78 is 7.48. The zero-order valence-electron chi connectivity index (χ0n) is 7.23. The van der Waals surface area contributed by atoms with Crippen molar-refractivity contribution in [2.24, 2.45) is 0 Å². The third-order valence-corrected chi connectivity index (χ3v) is 2.70. The van der Waals surface area contributed by atoms with Gasteiger partial charge in [-0.25, -0.2) is 0 Å². The van der Waals surface area contributed by atoms with Crippen LogP contribution in [0.1, 0.15) is 13.8 Å². The first-order chi connectivity index (χ1) is 5.16. The summed E-state index contributed by atoms with van der Waals surface area (Å²) in [4.78, 5) is 0. The zero-order valence-corrected chi connectivity index (χ0v) is 9.38. The van der Waals surface area contributed by atoms with Gasteiger partial charge in [0.25, 0.3) is 0 Å². The van der Waals surface area contributed by atoms with Gasteiger partial charge in [-0.3, -0.25) is 0 Å². The Labute approximate surface area is 79.5 Å². The minimum atomic E-state index is -0.259. The molecule has 0 aromatic rings. The van der Waals surface area contributed by atoms with E-state index in [4.69, 9.17) is 3.07 Å². The van der Waals surface area contributed by atoms with Gasteiger partial charge in [-0.1, -0.05) is 0 Å². The number of hydrogen-bond acceptors (Lipinski definition) is 2. The van der Waals surface area contributed by atoms with Gasteiger partial charge in [0.2, 0.25) is 0 Å². The Kier molecular flexibility index (Phi) is 6.90. The zero-order chi connectivity index (χ0) is 8.69. The molecule has 11 heavy (non-hydrogen) atoms. The molecule has 0 heterocycles. The van der Waals surface area contributed by atoms with Crippen molar-refractivity contribution >= 4 is 0 Å². The molecule has 0 saturated heterocycles. The summed E-state index contributed by atoms with van der Waals surface area (Å²) in [5.74, 6) is 0. The minimum absolute atomic E-state index is 0.164. The van der Waals surface area contributed by atoms with E-state index in [-0.39, 0.29) is 27.8 Å². The van der Waals surface area contributed by atoms with Crippen LogP contribution in [0.5, 0.6) is 0 Å². The summed E-state index contributed by atoms with van der Waals surface area (Å²) in [6, 6.07) is 0. The summed E-state index contributed by atoms with van der Waals surface area (Å²) >= 11 is -0.259. The van der Waals surface area contributed by atoms with Crippen LogP contribution in [0.3, 0.4) is 0 Å². The second kappa shape index (κ2) is 6.82. The van der Waals surface area contributed by atoms with Gasteiger partial charge >= 0.3 is 79.4 Å². The third-order valence-electron chi connectivity index (χ3n) is 0.991. The molecule has 0 rings (SSSR count). The molecule has 0 fully saturated rings. The Bertz CT molecular complexity index is 145. The monoisotopic (exact) mass is 268 g/mol. The predicted octanol–water partition coefficient (Wildman–Crippen LogP) is -1.34. The molecular weight excluding hydrogens is 253 g/mol. The van der Waals surface area contributed by atoms with Crippen LogP contribution in [-0.4, -0.2) is 13.3 Å². The van der Waals surface area contributed by atoms with Gasteiger partial charge in [0.1, 0.15) is 0 Å². The van der Waals surface area contributed by atoms with Crippen molar-refractivity contribution < 1.29 is 24.7 Å². The number of nitrogens with one attached hydrogen (secondary N) is 1. The first kappa shape index (κ1) is 11.1. The van der Waals surface area contributed by atoms with Crippen LogP contribution in [0, 0.1) is 0 Å². The molecule has 0 bridgehead atoms. The van der Waals surface area contributed by atoms with E-state index < -0.39 is 0 Å². The first-order valence-corrected chi connectivity index (χ1v) is 5.58. The Hall–Kier alpha value is 0.130. The standard InChI is InChI=1S/C8H15INO/c1-7(2)5-6-9-11-8(3)10-4/h5-6,8,10H,1H2,2-4H3/q-1/b6-5-/t8-/m0/s1. The summed E-state index contributed by atoms with van der Waals surface area (Å²) in [5, 5.41) is 3.00. The number of allylic oxidation sites excluding steroid dienone is 2. The molecule has 0 radical (unpaired) electrons. The van der Waals surface area contributed by atoms with Crippen molar-refractivity contribution in [3.8, 4) is 0 Å². The molecule has 3 heteroatoms. The van der Waals surface area contributed by atoms with Crippen molar-refractivity contribution in [2.45, 2.75) is 20.1 Å². The average molecular weight is 268 g/mol. The van der Waals surface area contributed by atoms with E-state index in [1.165, 1.54) is 0 Å². The van der Waals surface area contributed by atoms with E-state index in [1.807, 2.05) is 27.0 Å². The Morgan fingerprint density at radius 1 is 1.73 bits per heavy atom. The molecule has 0 aromatic carbocycles. The molecule has 0 amide bonds. The van der Waals surface area contributed by atoms with Gasteiger partial charge in [-0.05, 0) is 0 Å². The first-order valence-electron chi connectivity index (χ1n) is 3.45. The van der Waals surface area contributed by atoms with Gasteiger partial charge in [0.15, 0.2) is 0 Å². The molecule has 0 aromatic heterocycles. The summed E-state index contributed by atoms with van der Waals surface area (Å²) in [7, 11) is 1.89. The number of halogens is 1. The van der Waals surface area contributed by atoms with E-state index in [9.17, 15) is 0 Å². The fourth-order valence-corrected chi connectivity index (χ4v) is 1.91. The third kappa shape index (κ3) is 8.03. The fourth-order valence-electron chi connectivity index (χ4n) is 0.285. The molecule has 0 aliphatic carbocycles. The molecule has 0 aliphatic rings. The molecule has 66 valence electrons. The van der Waals surface area contributed by atoms with Crippen LogP contribution >= 0.6 is 0 Å². The molecular formula is C8H15INO-. The number of hydrogen-bond donors (Lipinski definition) is 1. The Balaban J connectivity index is 3.33. The van der Waals surface area contributed by atoms with Crippen molar-refractivity contribution in [3.63, 3.8) is 0 Å². The number of rotatable bonds is 5. The van der Waals surface area contributed by atoms with Crippen molar-refractivity contribution in [1.29, 1.82) is 0 Å². The van der Waals surface area contributed by atoms with Gasteiger partial charge in [-0.15, -0.1) is 0 Å². The maximum absolute atomic E-state index is 5.41. The van der Waals surface area contributed by atoms with E-state index in [0.29, 0.717) is 0 Å². The van der Waals surface area contributed by atoms with Crippen LogP contribution in [0.15, 0.2) is 22.3 Å². The van der Waals surface area contributed by atoms with Gasteiger partial charge < -0.3 is 0 Å². The van der Waals surface area contributed by atoms with E-state index >= 15 is 0 Å². The summed E-state index contributed by atoms with van der Waals surface area (Å²) in [5.41, 5.74) is 1.07. The fraction of sp³-hybridized carbons (Fsp3) is 0.500. The van der Waals surface area contributed by atoms with Crippen LogP contribution in [0.25, 0.3) is 0 Å². The van der Waals surface area contributed by atoms with Gasteiger partial charge in [-0.2, -0.15) is 0 Å². The van der Waals surface area contributed by atoms with Crippen molar-refractivity contribution in [2.75, 3.05) is 7.05 Å². The molecule has 0 unspecified atom stereocenters. The molecule has 1 atom stereocenters. The molecule has 0 aliphatic heterocycles. The average Bonchev–Trinajstić information content (AvgIpc) is 1.97. The quantitative estimate of drug-likeness (QED) is 0.379. The normalized spacial score (nSPS) is 14.1. The summed E-state index contributed by atoms with van der Waals surface area (Å²) in [6.45, 7) is 7.72. The van der Waals surface area contributed by atoms with Crippen LogP contribution < -0.4 is 26.9 Å². The van der Waals surface area contributed by atoms with Gasteiger partial charge in [0.05, 0.1) is 0 Å². The molecule has 1 N–H and O–H groups in total. The molecule has 0 saturated carbocycles.